The van der Waals surface area contributed by atoms with Gasteiger partial charge in [0.1, 0.15) is 28.8 Å². The highest BCUT2D eigenvalue weighted by Gasteiger charge is 2.41. The third kappa shape index (κ3) is 5.71. The highest BCUT2D eigenvalue weighted by molar-refractivity contribution is 5.65. The molecule has 1 aliphatic heterocycles. The Morgan fingerprint density at radius 2 is 1.41 bits per heavy atom. The van der Waals surface area contributed by atoms with Gasteiger partial charge in [0.25, 0.3) is 0 Å². The molecule has 3 aromatic carbocycles. The van der Waals surface area contributed by atoms with Gasteiger partial charge in [-0.2, -0.15) is 8.78 Å². The molecule has 198 valence electrons. The van der Waals surface area contributed by atoms with Gasteiger partial charge in [-0.1, -0.05) is 12.1 Å². The molecule has 0 aliphatic carbocycles. The van der Waals surface area contributed by atoms with E-state index in [1.54, 1.807) is 0 Å². The summed E-state index contributed by atoms with van der Waals surface area (Å²) >= 11 is 0. The molecule has 0 atom stereocenters. The Balaban J connectivity index is 1.57. The predicted molar refractivity (Wildman–Crippen MR) is 113 cm³/mol. The van der Waals surface area contributed by atoms with Gasteiger partial charge in [-0.15, -0.1) is 0 Å². The second kappa shape index (κ2) is 10.6. The summed E-state index contributed by atoms with van der Waals surface area (Å²) in [5, 5.41) is 0. The van der Waals surface area contributed by atoms with Crippen molar-refractivity contribution in [3.05, 3.63) is 88.5 Å². The molecule has 0 aromatic heterocycles. The molecule has 4 rings (SSSR count). The van der Waals surface area contributed by atoms with Crippen LogP contribution in [0.25, 0.3) is 11.1 Å². The van der Waals surface area contributed by atoms with Gasteiger partial charge in [0, 0.05) is 36.3 Å². The Bertz CT molecular complexity index is 1250. The minimum Gasteiger partial charge on any atom is -0.429 e. The van der Waals surface area contributed by atoms with Crippen LogP contribution >= 0.6 is 0 Å². The zero-order chi connectivity index (χ0) is 26.9. The van der Waals surface area contributed by atoms with Crippen molar-refractivity contribution in [2.24, 2.45) is 5.92 Å². The molecule has 0 saturated carbocycles. The van der Waals surface area contributed by atoms with Crippen LogP contribution in [0.2, 0.25) is 0 Å². The van der Waals surface area contributed by atoms with Crippen molar-refractivity contribution in [3.63, 3.8) is 0 Å². The number of benzene rings is 3. The molecule has 1 heterocycles. The molecule has 0 unspecified atom stereocenters. The van der Waals surface area contributed by atoms with Crippen molar-refractivity contribution in [2.45, 2.75) is 12.4 Å². The summed E-state index contributed by atoms with van der Waals surface area (Å²) in [5.74, 6) is -11.4. The van der Waals surface area contributed by atoms with E-state index in [4.69, 9.17) is 14.2 Å². The lowest BCUT2D eigenvalue weighted by molar-refractivity contribution is -0.211. The maximum atomic E-state index is 14.8. The molecule has 4 nitrogen and oxygen atoms in total. The van der Waals surface area contributed by atoms with Crippen LogP contribution in [0.15, 0.2) is 42.5 Å². The molecule has 0 N–H and O–H groups in total. The van der Waals surface area contributed by atoms with Gasteiger partial charge >= 0.3 is 6.11 Å². The molecular formula is C25H18F8O4. The van der Waals surface area contributed by atoms with Crippen molar-refractivity contribution in [3.8, 4) is 16.9 Å². The van der Waals surface area contributed by atoms with Crippen molar-refractivity contribution in [1.82, 2.24) is 0 Å². The molecule has 3 aromatic rings. The topological polar surface area (TPSA) is 36.9 Å². The van der Waals surface area contributed by atoms with Gasteiger partial charge in [0.15, 0.2) is 23.7 Å². The zero-order valence-electron chi connectivity index (χ0n) is 19.0. The summed E-state index contributed by atoms with van der Waals surface area (Å²) in [7, 11) is 1.53. The van der Waals surface area contributed by atoms with Gasteiger partial charge in [0.2, 0.25) is 0 Å². The molecular weight excluding hydrogens is 516 g/mol. The van der Waals surface area contributed by atoms with Gasteiger partial charge in [-0.05, 0) is 23.8 Å². The fraction of sp³-hybridized carbons (Fsp3) is 0.280. The lowest BCUT2D eigenvalue weighted by Gasteiger charge is -2.29. The molecule has 0 amide bonds. The van der Waals surface area contributed by atoms with Crippen LogP contribution < -0.4 is 4.74 Å². The van der Waals surface area contributed by atoms with Crippen LogP contribution in [0, 0.1) is 40.8 Å². The maximum Gasteiger partial charge on any atom is 0.432 e. The summed E-state index contributed by atoms with van der Waals surface area (Å²) in [5.41, 5.74) is -2.34. The van der Waals surface area contributed by atoms with Crippen LogP contribution in [0.5, 0.6) is 5.75 Å². The molecule has 0 bridgehead atoms. The van der Waals surface area contributed by atoms with Crippen LogP contribution in [0.3, 0.4) is 0 Å². The molecule has 12 heteroatoms. The minimum atomic E-state index is -4.76. The van der Waals surface area contributed by atoms with E-state index in [1.807, 2.05) is 0 Å². The van der Waals surface area contributed by atoms with Crippen molar-refractivity contribution >= 4 is 0 Å². The zero-order valence-corrected chi connectivity index (χ0v) is 19.0. The van der Waals surface area contributed by atoms with Crippen molar-refractivity contribution < 1.29 is 54.1 Å². The van der Waals surface area contributed by atoms with Crippen molar-refractivity contribution in [1.29, 1.82) is 0 Å². The second-order valence-corrected chi connectivity index (χ2v) is 8.19. The molecule has 0 spiro atoms. The van der Waals surface area contributed by atoms with E-state index in [2.05, 4.69) is 4.74 Å². The fourth-order valence-corrected chi connectivity index (χ4v) is 3.78. The van der Waals surface area contributed by atoms with Gasteiger partial charge in [-0.3, -0.25) is 0 Å². The maximum absolute atomic E-state index is 14.8. The highest BCUT2D eigenvalue weighted by atomic mass is 19.3. The highest BCUT2D eigenvalue weighted by Crippen LogP contribution is 2.38. The van der Waals surface area contributed by atoms with Crippen LogP contribution in [-0.2, 0) is 20.3 Å². The number of halogens is 8. The average molecular weight is 534 g/mol. The molecule has 37 heavy (non-hydrogen) atoms. The first-order chi connectivity index (χ1) is 17.5. The summed E-state index contributed by atoms with van der Waals surface area (Å²) in [6.45, 7) is 1.01. The van der Waals surface area contributed by atoms with Gasteiger partial charge < -0.3 is 18.9 Å². The Labute approximate surface area is 205 Å². The first-order valence-electron chi connectivity index (χ1n) is 10.7. The molecule has 1 fully saturated rings. The van der Waals surface area contributed by atoms with E-state index in [9.17, 15) is 35.1 Å². The number of hydrogen-bond donors (Lipinski definition) is 0. The third-order valence-corrected chi connectivity index (χ3v) is 5.48. The number of rotatable bonds is 7. The average Bonchev–Trinajstić information content (AvgIpc) is 2.82. The smallest absolute Gasteiger partial charge is 0.429 e. The Morgan fingerprint density at radius 3 is 1.95 bits per heavy atom. The van der Waals surface area contributed by atoms with E-state index in [0.29, 0.717) is 32.0 Å². The summed E-state index contributed by atoms with van der Waals surface area (Å²) in [6.07, 6.45) is -5.65. The monoisotopic (exact) mass is 534 g/mol. The Hall–Kier alpha value is -3.22. The number of hydrogen-bond acceptors (Lipinski definition) is 4. The van der Waals surface area contributed by atoms with Gasteiger partial charge in [-0.25, -0.2) is 26.3 Å². The lowest BCUT2D eigenvalue weighted by Crippen LogP contribution is -2.29. The fourth-order valence-electron chi connectivity index (χ4n) is 3.78. The first kappa shape index (κ1) is 26.8. The largest absolute Gasteiger partial charge is 0.432 e. The lowest BCUT2D eigenvalue weighted by atomic mass is 10.00. The third-order valence-electron chi connectivity index (χ3n) is 5.48. The van der Waals surface area contributed by atoms with Crippen molar-refractivity contribution in [2.75, 3.05) is 26.9 Å². The van der Waals surface area contributed by atoms with Crippen LogP contribution in [0.4, 0.5) is 35.1 Å². The molecule has 1 saturated heterocycles. The number of methoxy groups -OCH3 is 1. The predicted octanol–water partition coefficient (Wildman–Crippen LogP) is 6.62. The van der Waals surface area contributed by atoms with Crippen LogP contribution in [-0.4, -0.2) is 26.9 Å². The van der Waals surface area contributed by atoms with Gasteiger partial charge in [0.05, 0.1) is 19.8 Å². The number of ether oxygens (including phenoxy) is 4. The SMILES string of the molecule is COCC1COC(c2ccc(-c3cc(F)c(C(F)(F)Oc4cc(F)c(F)c(F)c4)c(F)c3)c(F)c2)OC1. The normalized spacial score (nSPS) is 18.2. The van der Waals surface area contributed by atoms with E-state index in [-0.39, 0.29) is 29.2 Å². The van der Waals surface area contributed by atoms with Crippen LogP contribution in [0.1, 0.15) is 17.4 Å². The minimum absolute atomic E-state index is 0.00181. The quantitative estimate of drug-likeness (QED) is 0.252. The summed E-state index contributed by atoms with van der Waals surface area (Å²) in [4.78, 5) is 0. The molecule has 0 radical (unpaired) electrons. The second-order valence-electron chi connectivity index (χ2n) is 8.19. The number of alkyl halides is 2. The Kier molecular flexibility index (Phi) is 7.72. The van der Waals surface area contributed by atoms with E-state index < -0.39 is 64.2 Å². The first-order valence-corrected chi connectivity index (χ1v) is 10.7. The summed E-state index contributed by atoms with van der Waals surface area (Å²) in [6, 6.07) is 4.65. The van der Waals surface area contributed by atoms with E-state index >= 15 is 0 Å². The summed E-state index contributed by atoms with van der Waals surface area (Å²) < 4.78 is 133. The van der Waals surface area contributed by atoms with E-state index in [1.165, 1.54) is 19.2 Å². The Morgan fingerprint density at radius 1 is 0.811 bits per heavy atom. The van der Waals surface area contributed by atoms with E-state index in [0.717, 1.165) is 6.07 Å². The standard InChI is InChI=1S/C25H18F8O4/c1-34-9-12-10-35-24(36-11-12)13-2-3-16(17(26)4-13)14-5-18(27)22(19(28)6-14)25(32,33)37-15-7-20(29)23(31)21(30)8-15/h2-8,12,24H,9-11H2,1H3. The molecule has 1 aliphatic rings.